The van der Waals surface area contributed by atoms with Crippen LogP contribution in [0.2, 0.25) is 0 Å². The number of pyridine rings is 1. The van der Waals surface area contributed by atoms with Crippen molar-refractivity contribution in [3.05, 3.63) is 63.1 Å². The molecule has 0 saturated carbocycles. The lowest BCUT2D eigenvalue weighted by Gasteiger charge is -2.09. The van der Waals surface area contributed by atoms with E-state index in [2.05, 4.69) is 10.3 Å². The van der Waals surface area contributed by atoms with Gasteiger partial charge in [-0.1, -0.05) is 18.6 Å². The molecule has 1 aromatic heterocycles. The molecule has 7 nitrogen and oxygen atoms in total. The molecule has 7 heteroatoms. The molecular formula is C21H24N2O5. The third-order valence-corrected chi connectivity index (χ3v) is 4.82. The number of hydrogen-bond donors (Lipinski definition) is 3. The van der Waals surface area contributed by atoms with Gasteiger partial charge in [0.05, 0.1) is 0 Å². The minimum atomic E-state index is -1.03. The standard InChI is InChI=1S/C21H24N2O5/c24-19(25)13-28-16-8-6-14(7-9-16)10-11-22-20(26)17-12-15-4-2-1-3-5-18(15)23-21(17)27/h6-9,12H,1-5,10-11,13H2,(H,22,26)(H,23,27)(H,24,25). The van der Waals surface area contributed by atoms with E-state index in [1.165, 1.54) is 0 Å². The van der Waals surface area contributed by atoms with Crippen molar-refractivity contribution in [2.45, 2.75) is 38.5 Å². The minimum absolute atomic E-state index is 0.165. The molecule has 0 fully saturated rings. The van der Waals surface area contributed by atoms with E-state index in [1.807, 2.05) is 12.1 Å². The van der Waals surface area contributed by atoms with Gasteiger partial charge in [-0.3, -0.25) is 9.59 Å². The van der Waals surface area contributed by atoms with Gasteiger partial charge in [-0.05, 0) is 61.4 Å². The second kappa shape index (κ2) is 9.21. The minimum Gasteiger partial charge on any atom is -0.482 e. The number of ether oxygens (including phenoxy) is 1. The van der Waals surface area contributed by atoms with Crippen LogP contribution in [-0.4, -0.2) is 35.1 Å². The molecule has 1 aromatic carbocycles. The van der Waals surface area contributed by atoms with Crippen LogP contribution in [0.5, 0.6) is 5.75 Å². The second-order valence-electron chi connectivity index (χ2n) is 6.91. The summed E-state index contributed by atoms with van der Waals surface area (Å²) < 4.78 is 5.08. The first-order valence-electron chi connectivity index (χ1n) is 9.50. The zero-order valence-corrected chi connectivity index (χ0v) is 15.6. The SMILES string of the molecule is O=C(O)COc1ccc(CCNC(=O)c2cc3c([nH]c2=O)CCCCC3)cc1. The van der Waals surface area contributed by atoms with Crippen LogP contribution in [0, 0.1) is 0 Å². The number of carboxylic acids is 1. The van der Waals surface area contributed by atoms with Crippen LogP contribution in [0.25, 0.3) is 0 Å². The first-order valence-corrected chi connectivity index (χ1v) is 9.50. The van der Waals surface area contributed by atoms with Crippen LogP contribution in [0.15, 0.2) is 35.1 Å². The van der Waals surface area contributed by atoms with Crippen LogP contribution in [0.3, 0.4) is 0 Å². The summed E-state index contributed by atoms with van der Waals surface area (Å²) in [6.45, 7) is 0.00934. The molecule has 0 bridgehead atoms. The van der Waals surface area contributed by atoms with Gasteiger partial charge >= 0.3 is 5.97 Å². The summed E-state index contributed by atoms with van der Waals surface area (Å²) in [5.41, 5.74) is 2.83. The van der Waals surface area contributed by atoms with Gasteiger partial charge in [0.2, 0.25) is 0 Å². The summed E-state index contributed by atoms with van der Waals surface area (Å²) in [4.78, 5) is 38.0. The molecule has 1 aliphatic rings. The quantitative estimate of drug-likeness (QED) is 0.634. The zero-order chi connectivity index (χ0) is 19.9. The molecule has 1 heterocycles. The van der Waals surface area contributed by atoms with E-state index in [0.717, 1.165) is 48.9 Å². The van der Waals surface area contributed by atoms with Crippen LogP contribution >= 0.6 is 0 Å². The fourth-order valence-electron chi connectivity index (χ4n) is 3.33. The van der Waals surface area contributed by atoms with E-state index in [4.69, 9.17) is 9.84 Å². The molecule has 0 atom stereocenters. The number of H-pyrrole nitrogens is 1. The fraction of sp³-hybridized carbons (Fsp3) is 0.381. The van der Waals surface area contributed by atoms with Gasteiger partial charge in [0, 0.05) is 12.2 Å². The maximum Gasteiger partial charge on any atom is 0.341 e. The van der Waals surface area contributed by atoms with Gasteiger partial charge in [0.15, 0.2) is 6.61 Å². The average Bonchev–Trinajstić information content (AvgIpc) is 2.91. The van der Waals surface area contributed by atoms with Gasteiger partial charge in [0.1, 0.15) is 11.3 Å². The van der Waals surface area contributed by atoms with E-state index < -0.39 is 5.97 Å². The van der Waals surface area contributed by atoms with E-state index in [9.17, 15) is 14.4 Å². The Hall–Kier alpha value is -3.09. The second-order valence-corrected chi connectivity index (χ2v) is 6.91. The number of carboxylic acid groups (broad SMARTS) is 1. The van der Waals surface area contributed by atoms with Crippen LogP contribution < -0.4 is 15.6 Å². The number of aryl methyl sites for hydroxylation is 2. The monoisotopic (exact) mass is 384 g/mol. The third-order valence-electron chi connectivity index (χ3n) is 4.82. The number of rotatable bonds is 7. The Bertz CT molecular complexity index is 902. The van der Waals surface area contributed by atoms with Gasteiger partial charge < -0.3 is 20.1 Å². The van der Waals surface area contributed by atoms with Crippen molar-refractivity contribution in [3.63, 3.8) is 0 Å². The van der Waals surface area contributed by atoms with Crippen molar-refractivity contribution >= 4 is 11.9 Å². The molecule has 148 valence electrons. The highest BCUT2D eigenvalue weighted by molar-refractivity contribution is 5.94. The molecule has 28 heavy (non-hydrogen) atoms. The lowest BCUT2D eigenvalue weighted by Crippen LogP contribution is -2.31. The first-order chi connectivity index (χ1) is 13.5. The number of aromatic nitrogens is 1. The Morgan fingerprint density at radius 2 is 1.86 bits per heavy atom. The summed E-state index contributed by atoms with van der Waals surface area (Å²) in [5, 5.41) is 11.4. The Labute approximate surface area is 162 Å². The van der Waals surface area contributed by atoms with Crippen molar-refractivity contribution in [2.75, 3.05) is 13.2 Å². The van der Waals surface area contributed by atoms with Crippen molar-refractivity contribution < 1.29 is 19.4 Å². The summed E-state index contributed by atoms with van der Waals surface area (Å²) in [6, 6.07) is 8.76. The molecule has 3 rings (SSSR count). The van der Waals surface area contributed by atoms with E-state index in [0.29, 0.717) is 18.7 Å². The predicted molar refractivity (Wildman–Crippen MR) is 104 cm³/mol. The van der Waals surface area contributed by atoms with E-state index in [-0.39, 0.29) is 23.6 Å². The largest absolute Gasteiger partial charge is 0.482 e. The summed E-state index contributed by atoms with van der Waals surface area (Å²) >= 11 is 0. The zero-order valence-electron chi connectivity index (χ0n) is 15.6. The Balaban J connectivity index is 1.55. The average molecular weight is 384 g/mol. The molecule has 1 amide bonds. The van der Waals surface area contributed by atoms with Crippen molar-refractivity contribution in [1.29, 1.82) is 0 Å². The maximum atomic E-state index is 12.4. The number of hydrogen-bond acceptors (Lipinski definition) is 4. The van der Waals surface area contributed by atoms with Crippen LogP contribution in [0.1, 0.15) is 46.4 Å². The maximum absolute atomic E-state index is 12.4. The van der Waals surface area contributed by atoms with E-state index in [1.54, 1.807) is 18.2 Å². The fourth-order valence-corrected chi connectivity index (χ4v) is 3.33. The Kier molecular flexibility index (Phi) is 6.47. The third kappa shape index (κ3) is 5.22. The number of aliphatic carboxylic acids is 1. The van der Waals surface area contributed by atoms with Crippen molar-refractivity contribution in [2.24, 2.45) is 0 Å². The first kappa shape index (κ1) is 19.7. The lowest BCUT2D eigenvalue weighted by molar-refractivity contribution is -0.139. The van der Waals surface area contributed by atoms with Gasteiger partial charge in [-0.2, -0.15) is 0 Å². The summed E-state index contributed by atoms with van der Waals surface area (Å²) in [7, 11) is 0. The van der Waals surface area contributed by atoms with Gasteiger partial charge in [-0.25, -0.2) is 4.79 Å². The molecule has 0 spiro atoms. The highest BCUT2D eigenvalue weighted by Crippen LogP contribution is 2.18. The summed E-state index contributed by atoms with van der Waals surface area (Å²) in [5.74, 6) is -0.916. The number of carbonyl (C=O) groups excluding carboxylic acids is 1. The molecule has 0 radical (unpaired) electrons. The van der Waals surface area contributed by atoms with Gasteiger partial charge in [-0.15, -0.1) is 0 Å². The number of carbonyl (C=O) groups is 2. The highest BCUT2D eigenvalue weighted by Gasteiger charge is 2.16. The Morgan fingerprint density at radius 3 is 2.61 bits per heavy atom. The number of benzene rings is 1. The topological polar surface area (TPSA) is 108 Å². The van der Waals surface area contributed by atoms with Gasteiger partial charge in [0.25, 0.3) is 11.5 Å². The normalized spacial score (nSPS) is 13.3. The molecule has 0 saturated heterocycles. The number of fused-ring (bicyclic) bond motifs is 1. The Morgan fingerprint density at radius 1 is 1.11 bits per heavy atom. The molecule has 3 N–H and O–H groups in total. The smallest absolute Gasteiger partial charge is 0.341 e. The molecule has 2 aromatic rings. The molecule has 0 aliphatic heterocycles. The summed E-state index contributed by atoms with van der Waals surface area (Å²) in [6.07, 6.45) is 5.62. The number of amides is 1. The van der Waals surface area contributed by atoms with Crippen molar-refractivity contribution in [1.82, 2.24) is 10.3 Å². The van der Waals surface area contributed by atoms with Crippen LogP contribution in [-0.2, 0) is 24.1 Å². The predicted octanol–water partition coefficient (Wildman–Crippen LogP) is 2.08. The number of nitrogens with one attached hydrogen (secondary N) is 2. The molecule has 0 unspecified atom stereocenters. The highest BCUT2D eigenvalue weighted by atomic mass is 16.5. The lowest BCUT2D eigenvalue weighted by atomic mass is 10.1. The van der Waals surface area contributed by atoms with E-state index >= 15 is 0 Å². The molecular weight excluding hydrogens is 360 g/mol. The number of aromatic amines is 1. The van der Waals surface area contributed by atoms with Crippen molar-refractivity contribution in [3.8, 4) is 5.75 Å². The molecule has 1 aliphatic carbocycles. The van der Waals surface area contributed by atoms with Crippen LogP contribution in [0.4, 0.5) is 0 Å².